The standard InChI is InChI=1S/C26H26ClN5O4S2/c1-17-18(2)37-26-24(17)25(28-23(29-26)11-8-19-6-4-3-5-7-19)30-12-14-31(15-13-30)38(35,36)20-9-10-21(27)22(16-20)32(33)34/h3-7,9-10,16H,8,11-15H2,1-2H3. The van der Waals surface area contributed by atoms with Gasteiger partial charge in [0, 0.05) is 43.5 Å². The van der Waals surface area contributed by atoms with Crippen LogP contribution in [-0.4, -0.2) is 53.8 Å². The molecule has 1 fully saturated rings. The molecule has 0 amide bonds. The number of nitro benzene ring substituents is 1. The Morgan fingerprint density at radius 1 is 1.03 bits per heavy atom. The fraction of sp³-hybridized carbons (Fsp3) is 0.308. The van der Waals surface area contributed by atoms with Crippen LogP contribution in [0.4, 0.5) is 11.5 Å². The van der Waals surface area contributed by atoms with E-state index in [0.29, 0.717) is 19.5 Å². The Kier molecular flexibility index (Phi) is 7.36. The second kappa shape index (κ2) is 10.6. The van der Waals surface area contributed by atoms with Gasteiger partial charge in [0.05, 0.1) is 15.2 Å². The summed E-state index contributed by atoms with van der Waals surface area (Å²) in [6.45, 7) is 5.47. The zero-order valence-corrected chi connectivity index (χ0v) is 23.3. The zero-order chi connectivity index (χ0) is 27.0. The maximum Gasteiger partial charge on any atom is 0.289 e. The summed E-state index contributed by atoms with van der Waals surface area (Å²) in [5.41, 5.74) is 1.93. The summed E-state index contributed by atoms with van der Waals surface area (Å²) in [5.74, 6) is 1.60. The Balaban J connectivity index is 1.39. The topological polar surface area (TPSA) is 110 Å². The van der Waals surface area contributed by atoms with Crippen molar-refractivity contribution in [2.75, 3.05) is 31.1 Å². The number of sulfonamides is 1. The Morgan fingerprint density at radius 2 is 1.74 bits per heavy atom. The van der Waals surface area contributed by atoms with Crippen molar-refractivity contribution in [3.63, 3.8) is 0 Å². The number of benzene rings is 2. The van der Waals surface area contributed by atoms with Crippen molar-refractivity contribution in [1.29, 1.82) is 0 Å². The van der Waals surface area contributed by atoms with E-state index in [0.717, 1.165) is 39.9 Å². The van der Waals surface area contributed by atoms with Gasteiger partial charge in [0.25, 0.3) is 5.69 Å². The molecule has 0 aliphatic carbocycles. The number of rotatable bonds is 7. The van der Waals surface area contributed by atoms with Crippen LogP contribution in [-0.2, 0) is 22.9 Å². The summed E-state index contributed by atoms with van der Waals surface area (Å²) in [7, 11) is -3.92. The molecule has 3 heterocycles. The SMILES string of the molecule is Cc1sc2nc(CCc3ccccc3)nc(N3CCN(S(=O)(=O)c4ccc(Cl)c([N+](=O)[O-])c4)CC3)c2c1C. The van der Waals surface area contributed by atoms with Crippen LogP contribution in [0.5, 0.6) is 0 Å². The number of halogens is 1. The van der Waals surface area contributed by atoms with Gasteiger partial charge in [0.2, 0.25) is 10.0 Å². The Hall–Kier alpha value is -3.12. The van der Waals surface area contributed by atoms with Gasteiger partial charge in [-0.05, 0) is 43.5 Å². The van der Waals surface area contributed by atoms with Crippen LogP contribution >= 0.6 is 22.9 Å². The van der Waals surface area contributed by atoms with E-state index in [9.17, 15) is 18.5 Å². The third-order valence-electron chi connectivity index (χ3n) is 6.83. The molecule has 1 aliphatic heterocycles. The molecule has 0 bridgehead atoms. The molecule has 0 saturated carbocycles. The van der Waals surface area contributed by atoms with Crippen molar-refractivity contribution in [2.45, 2.75) is 31.6 Å². The summed E-state index contributed by atoms with van der Waals surface area (Å²) >= 11 is 7.53. The molecule has 0 spiro atoms. The van der Waals surface area contributed by atoms with E-state index in [4.69, 9.17) is 21.6 Å². The zero-order valence-electron chi connectivity index (χ0n) is 20.9. The molecule has 4 aromatic rings. The van der Waals surface area contributed by atoms with Gasteiger partial charge in [-0.2, -0.15) is 4.31 Å². The molecule has 1 aliphatic rings. The van der Waals surface area contributed by atoms with Crippen LogP contribution in [0.15, 0.2) is 53.4 Å². The van der Waals surface area contributed by atoms with Gasteiger partial charge in [-0.3, -0.25) is 10.1 Å². The third-order valence-corrected chi connectivity index (χ3v) is 10.1. The number of nitro groups is 1. The van der Waals surface area contributed by atoms with Gasteiger partial charge in [-0.1, -0.05) is 41.9 Å². The summed E-state index contributed by atoms with van der Waals surface area (Å²) in [6, 6.07) is 13.8. The van der Waals surface area contributed by atoms with Gasteiger partial charge in [0.1, 0.15) is 21.5 Å². The highest BCUT2D eigenvalue weighted by Gasteiger charge is 2.32. The first kappa shape index (κ1) is 26.5. The second-order valence-corrected chi connectivity index (χ2v) is 12.7. The van der Waals surface area contributed by atoms with Gasteiger partial charge >= 0.3 is 0 Å². The smallest absolute Gasteiger partial charge is 0.289 e. The number of hydrogen-bond acceptors (Lipinski definition) is 8. The number of aryl methyl sites for hydroxylation is 4. The van der Waals surface area contributed by atoms with Gasteiger partial charge in [-0.25, -0.2) is 18.4 Å². The number of aromatic nitrogens is 2. The quantitative estimate of drug-likeness (QED) is 0.222. The van der Waals surface area contributed by atoms with E-state index < -0.39 is 20.6 Å². The first-order valence-electron chi connectivity index (χ1n) is 12.1. The fourth-order valence-electron chi connectivity index (χ4n) is 4.60. The molecule has 9 nitrogen and oxygen atoms in total. The lowest BCUT2D eigenvalue weighted by atomic mass is 10.1. The molecule has 38 heavy (non-hydrogen) atoms. The number of piperazine rings is 1. The van der Waals surface area contributed by atoms with E-state index in [1.807, 2.05) is 18.2 Å². The molecule has 198 valence electrons. The lowest BCUT2D eigenvalue weighted by Gasteiger charge is -2.35. The van der Waals surface area contributed by atoms with E-state index in [1.165, 1.54) is 26.9 Å². The molecule has 12 heteroatoms. The van der Waals surface area contributed by atoms with Crippen LogP contribution in [0.1, 0.15) is 21.8 Å². The van der Waals surface area contributed by atoms with Crippen LogP contribution < -0.4 is 4.90 Å². The highest BCUT2D eigenvalue weighted by molar-refractivity contribution is 7.89. The van der Waals surface area contributed by atoms with Crippen LogP contribution in [0.2, 0.25) is 5.02 Å². The molecular weight excluding hydrogens is 546 g/mol. The van der Waals surface area contributed by atoms with Gasteiger partial charge in [-0.15, -0.1) is 11.3 Å². The summed E-state index contributed by atoms with van der Waals surface area (Å²) in [6.07, 6.45) is 1.53. The predicted molar refractivity (Wildman–Crippen MR) is 150 cm³/mol. The van der Waals surface area contributed by atoms with Crippen molar-refractivity contribution in [3.8, 4) is 0 Å². The van der Waals surface area contributed by atoms with Gasteiger partial charge in [0.15, 0.2) is 0 Å². The maximum absolute atomic E-state index is 13.3. The van der Waals surface area contributed by atoms with E-state index >= 15 is 0 Å². The van der Waals surface area contributed by atoms with E-state index in [1.54, 1.807) is 11.3 Å². The fourth-order valence-corrected chi connectivity index (χ4v) is 7.27. The van der Waals surface area contributed by atoms with Crippen molar-refractivity contribution < 1.29 is 13.3 Å². The lowest BCUT2D eigenvalue weighted by Crippen LogP contribution is -2.49. The van der Waals surface area contributed by atoms with E-state index in [-0.39, 0.29) is 23.0 Å². The first-order valence-corrected chi connectivity index (χ1v) is 14.8. The molecule has 2 aromatic heterocycles. The predicted octanol–water partition coefficient (Wildman–Crippen LogP) is 5.17. The Labute approximate surface area is 229 Å². The average molecular weight is 572 g/mol. The summed E-state index contributed by atoms with van der Waals surface area (Å²) in [4.78, 5) is 24.5. The molecule has 0 atom stereocenters. The van der Waals surface area contributed by atoms with Gasteiger partial charge < -0.3 is 4.90 Å². The van der Waals surface area contributed by atoms with Crippen molar-refractivity contribution >= 4 is 54.7 Å². The molecule has 5 rings (SSSR count). The normalized spacial score (nSPS) is 14.8. The van der Waals surface area contributed by atoms with Crippen molar-refractivity contribution in [3.05, 3.63) is 85.5 Å². The number of fused-ring (bicyclic) bond motifs is 1. The Bertz CT molecular complexity index is 1620. The van der Waals surface area contributed by atoms with Crippen LogP contribution in [0.25, 0.3) is 10.2 Å². The minimum absolute atomic E-state index is 0.101. The minimum atomic E-state index is -3.92. The molecule has 0 unspecified atom stereocenters. The minimum Gasteiger partial charge on any atom is -0.353 e. The maximum atomic E-state index is 13.3. The highest BCUT2D eigenvalue weighted by atomic mass is 35.5. The summed E-state index contributed by atoms with van der Waals surface area (Å²) in [5, 5.41) is 12.2. The second-order valence-electron chi connectivity index (χ2n) is 9.17. The average Bonchev–Trinajstić information content (AvgIpc) is 3.20. The first-order chi connectivity index (χ1) is 18.1. The van der Waals surface area contributed by atoms with Crippen molar-refractivity contribution in [2.24, 2.45) is 0 Å². The number of thiophene rings is 1. The molecule has 0 N–H and O–H groups in total. The largest absolute Gasteiger partial charge is 0.353 e. The van der Waals surface area contributed by atoms with Crippen LogP contribution in [0, 0.1) is 24.0 Å². The number of nitrogens with zero attached hydrogens (tertiary/aromatic N) is 5. The third kappa shape index (κ3) is 5.11. The lowest BCUT2D eigenvalue weighted by molar-refractivity contribution is -0.384. The molecule has 1 saturated heterocycles. The molecular formula is C26H26ClN5O4S2. The summed E-state index contributed by atoms with van der Waals surface area (Å²) < 4.78 is 27.9. The molecule has 2 aromatic carbocycles. The van der Waals surface area contributed by atoms with Crippen LogP contribution in [0.3, 0.4) is 0 Å². The number of hydrogen-bond donors (Lipinski definition) is 0. The monoisotopic (exact) mass is 571 g/mol. The molecule has 0 radical (unpaired) electrons. The Morgan fingerprint density at radius 3 is 2.42 bits per heavy atom. The number of anilines is 1. The van der Waals surface area contributed by atoms with E-state index in [2.05, 4.69) is 30.9 Å². The van der Waals surface area contributed by atoms with Crippen molar-refractivity contribution in [1.82, 2.24) is 14.3 Å². The highest BCUT2D eigenvalue weighted by Crippen LogP contribution is 2.36.